The van der Waals surface area contributed by atoms with Gasteiger partial charge >= 0.3 is 0 Å². The van der Waals surface area contributed by atoms with Crippen LogP contribution in [-0.2, 0) is 0 Å². The second-order valence-electron chi connectivity index (χ2n) is 1.26. The fourth-order valence-electron chi connectivity index (χ4n) is 0. The first kappa shape index (κ1) is 11.7. The summed E-state index contributed by atoms with van der Waals surface area (Å²) >= 11 is 4.80. The topological polar surface area (TPSA) is 0 Å². The molecule has 0 radical (unpaired) electrons. The molecule has 0 saturated carbocycles. The second kappa shape index (κ2) is 10.8. The van der Waals surface area contributed by atoms with Crippen LogP contribution in [0.2, 0.25) is 0 Å². The molecule has 0 aliphatic rings. The molecule has 0 aliphatic carbocycles. The van der Waals surface area contributed by atoms with Crippen molar-refractivity contribution in [2.45, 2.75) is 25.9 Å². The van der Waals surface area contributed by atoms with Gasteiger partial charge in [0.05, 0.1) is 6.33 Å². The first-order chi connectivity index (χ1) is 4.18. The van der Waals surface area contributed by atoms with Crippen LogP contribution in [0.5, 0.6) is 0 Å². The van der Waals surface area contributed by atoms with Crippen molar-refractivity contribution in [3.63, 3.8) is 0 Å². The Labute approximate surface area is 59.5 Å². The van der Waals surface area contributed by atoms with E-state index in [9.17, 15) is 8.78 Å². The van der Waals surface area contributed by atoms with Crippen LogP contribution in [0.15, 0.2) is 12.4 Å². The average Bonchev–Trinajstić information content (AvgIpc) is 1.89. The zero-order chi connectivity index (χ0) is 7.70. The second-order valence-corrected chi connectivity index (χ2v) is 1.73. The minimum absolute atomic E-state index is 0.404. The van der Waals surface area contributed by atoms with E-state index >= 15 is 0 Å². The minimum atomic E-state index is -1.14. The fourth-order valence-corrected chi connectivity index (χ4v) is 0. The Morgan fingerprint density at radius 2 is 1.89 bits per heavy atom. The van der Waals surface area contributed by atoms with Crippen molar-refractivity contribution in [3.8, 4) is 0 Å². The lowest BCUT2D eigenvalue weighted by molar-refractivity contribution is 0.434. The largest absolute Gasteiger partial charge is 0.230 e. The maximum Gasteiger partial charge on any atom is 0.173 e. The lowest BCUT2D eigenvalue weighted by atomic mass is 10.6. The number of rotatable bonds is 1. The molecule has 0 bridgehead atoms. The molecule has 0 aromatic heterocycles. The summed E-state index contributed by atoms with van der Waals surface area (Å²) in [5.41, 5.74) is -1.14. The van der Waals surface area contributed by atoms with Crippen LogP contribution in [0.1, 0.15) is 20.3 Å². The molecule has 56 valence electrons. The Bertz CT molecular complexity index is 58.1. The summed E-state index contributed by atoms with van der Waals surface area (Å²) in [6.45, 7) is 3.32. The lowest BCUT2D eigenvalue weighted by Crippen LogP contribution is -1.78. The van der Waals surface area contributed by atoms with Crippen molar-refractivity contribution < 1.29 is 8.78 Å². The molecule has 0 aromatic rings. The predicted molar refractivity (Wildman–Crippen MR) is 37.0 cm³/mol. The summed E-state index contributed by atoms with van der Waals surface area (Å²) in [4.78, 5) is 0. The summed E-state index contributed by atoms with van der Waals surface area (Å²) in [5, 5.41) is 0. The van der Waals surface area contributed by atoms with Crippen LogP contribution in [0.3, 0.4) is 0 Å². The Morgan fingerprint density at radius 3 is 1.89 bits per heavy atom. The van der Waals surface area contributed by atoms with E-state index in [1.54, 1.807) is 13.8 Å². The normalized spacial score (nSPS) is 12.6. The molecule has 0 amide bonds. The summed E-state index contributed by atoms with van der Waals surface area (Å²) in [5.74, 6) is 0. The van der Waals surface area contributed by atoms with Crippen LogP contribution in [0, 0.1) is 0 Å². The quantitative estimate of drug-likeness (QED) is 0.511. The Balaban J connectivity index is 0. The highest BCUT2D eigenvalue weighted by Crippen LogP contribution is 1.98. The van der Waals surface area contributed by atoms with Gasteiger partial charge in [-0.05, 0) is 13.3 Å². The highest BCUT2D eigenvalue weighted by atomic mass is 35.5. The predicted octanol–water partition coefficient (Wildman–Crippen LogP) is 3.42. The molecule has 1 unspecified atom stereocenters. The third-order valence-electron chi connectivity index (χ3n) is 0.435. The van der Waals surface area contributed by atoms with Crippen LogP contribution < -0.4 is 0 Å². The van der Waals surface area contributed by atoms with Crippen molar-refractivity contribution in [1.82, 2.24) is 0 Å². The van der Waals surface area contributed by atoms with E-state index < -0.39 is 5.63 Å². The van der Waals surface area contributed by atoms with Crippen molar-refractivity contribution in [3.05, 3.63) is 12.4 Å². The van der Waals surface area contributed by atoms with Crippen molar-refractivity contribution in [1.29, 1.82) is 0 Å². The van der Waals surface area contributed by atoms with E-state index in [2.05, 4.69) is 0 Å². The summed E-state index contributed by atoms with van der Waals surface area (Å²) in [6.07, 6.45) is 2.24. The van der Waals surface area contributed by atoms with Gasteiger partial charge < -0.3 is 0 Å². The van der Waals surface area contributed by atoms with Gasteiger partial charge in [-0.1, -0.05) is 24.6 Å². The molecular weight excluding hydrogens is 146 g/mol. The monoisotopic (exact) mass is 156 g/mol. The number of alkyl halides is 2. The average molecular weight is 157 g/mol. The molecule has 9 heavy (non-hydrogen) atoms. The van der Waals surface area contributed by atoms with Crippen LogP contribution >= 0.6 is 11.6 Å². The van der Waals surface area contributed by atoms with Gasteiger partial charge in [-0.2, -0.15) is 0 Å². The third kappa shape index (κ3) is 32.8. The van der Waals surface area contributed by atoms with E-state index in [0.29, 0.717) is 12.8 Å². The molecule has 0 nitrogen and oxygen atoms in total. The number of hydrogen-bond acceptors (Lipinski definition) is 0. The molecular formula is C6H11ClF2. The van der Waals surface area contributed by atoms with Gasteiger partial charge in [0, 0.05) is 0 Å². The smallest absolute Gasteiger partial charge is 0.173 e. The van der Waals surface area contributed by atoms with E-state index in [1.165, 1.54) is 6.08 Å². The van der Waals surface area contributed by atoms with Gasteiger partial charge in [0.1, 0.15) is 0 Å². The van der Waals surface area contributed by atoms with Crippen molar-refractivity contribution in [2.75, 3.05) is 0 Å². The number of hydrogen-bond donors (Lipinski definition) is 0. The SMILES string of the molecule is C/C=C/F.CCC(F)Cl. The zero-order valence-corrected chi connectivity index (χ0v) is 6.33. The van der Waals surface area contributed by atoms with Gasteiger partial charge in [0.25, 0.3) is 0 Å². The molecule has 0 aromatic carbocycles. The Morgan fingerprint density at radius 1 is 1.67 bits per heavy atom. The standard InChI is InChI=1S/C3H6ClF.C3H5F/c1-2-3(4)5;1-2-3-4/h3H,2H2,1H3;2-3H,1H3/b;3-2+. The third-order valence-corrected chi connectivity index (χ3v) is 0.743. The summed E-state index contributed by atoms with van der Waals surface area (Å²) in [6, 6.07) is 0. The number of allylic oxidation sites excluding steroid dienone is 1. The van der Waals surface area contributed by atoms with Crippen LogP contribution in [0.4, 0.5) is 8.78 Å². The van der Waals surface area contributed by atoms with Gasteiger partial charge in [0.2, 0.25) is 0 Å². The highest BCUT2D eigenvalue weighted by molar-refractivity contribution is 6.19. The van der Waals surface area contributed by atoms with Crippen LogP contribution in [-0.4, -0.2) is 5.63 Å². The zero-order valence-electron chi connectivity index (χ0n) is 5.57. The van der Waals surface area contributed by atoms with Gasteiger partial charge in [-0.3, -0.25) is 0 Å². The maximum absolute atomic E-state index is 11.2. The molecule has 0 heterocycles. The Kier molecular flexibility index (Phi) is 14.0. The fraction of sp³-hybridized carbons (Fsp3) is 0.667. The van der Waals surface area contributed by atoms with Gasteiger partial charge in [-0.25, -0.2) is 8.78 Å². The van der Waals surface area contributed by atoms with E-state index in [4.69, 9.17) is 11.6 Å². The van der Waals surface area contributed by atoms with E-state index in [1.807, 2.05) is 0 Å². The molecule has 0 saturated heterocycles. The van der Waals surface area contributed by atoms with Crippen molar-refractivity contribution >= 4 is 11.6 Å². The molecule has 1 atom stereocenters. The molecule has 0 aliphatic heterocycles. The molecule has 3 heteroatoms. The first-order valence-electron chi connectivity index (χ1n) is 2.68. The minimum Gasteiger partial charge on any atom is -0.230 e. The highest BCUT2D eigenvalue weighted by Gasteiger charge is 1.88. The first-order valence-corrected chi connectivity index (χ1v) is 3.12. The molecule has 0 spiro atoms. The maximum atomic E-state index is 11.2. The van der Waals surface area contributed by atoms with Gasteiger partial charge in [-0.15, -0.1) is 0 Å². The van der Waals surface area contributed by atoms with Crippen LogP contribution in [0.25, 0.3) is 0 Å². The van der Waals surface area contributed by atoms with Gasteiger partial charge in [0.15, 0.2) is 5.63 Å². The molecule has 0 fully saturated rings. The van der Waals surface area contributed by atoms with E-state index in [-0.39, 0.29) is 0 Å². The number of halogens is 3. The van der Waals surface area contributed by atoms with E-state index in [0.717, 1.165) is 0 Å². The molecule has 0 N–H and O–H groups in total. The molecule has 0 rings (SSSR count). The lowest BCUT2D eigenvalue weighted by Gasteiger charge is -1.83. The van der Waals surface area contributed by atoms with Crippen molar-refractivity contribution in [2.24, 2.45) is 0 Å². The summed E-state index contributed by atoms with van der Waals surface area (Å²) < 4.78 is 21.7. The Hall–Kier alpha value is -0.110. The summed E-state index contributed by atoms with van der Waals surface area (Å²) in [7, 11) is 0.